The van der Waals surface area contributed by atoms with Gasteiger partial charge in [0.2, 0.25) is 0 Å². The number of amides is 1. The van der Waals surface area contributed by atoms with Crippen molar-refractivity contribution in [3.05, 3.63) is 59.7 Å². The summed E-state index contributed by atoms with van der Waals surface area (Å²) in [4.78, 5) is 25.5. The summed E-state index contributed by atoms with van der Waals surface area (Å²) in [7, 11) is 1.97. The van der Waals surface area contributed by atoms with Gasteiger partial charge in [-0.15, -0.1) is 12.4 Å². The van der Waals surface area contributed by atoms with Gasteiger partial charge in [0.15, 0.2) is 5.82 Å². The quantitative estimate of drug-likeness (QED) is 0.505. The van der Waals surface area contributed by atoms with E-state index in [1.54, 1.807) is 12.4 Å². The number of carbonyl (C=O) groups is 1. The number of aryl methyl sites for hydroxylation is 1. The number of anilines is 1. The zero-order valence-corrected chi connectivity index (χ0v) is 20.8. The number of ether oxygens (including phenoxy) is 1. The molecule has 0 saturated carbocycles. The first-order valence-electron chi connectivity index (χ1n) is 11.4. The van der Waals surface area contributed by atoms with E-state index in [2.05, 4.69) is 41.8 Å². The first-order valence-corrected chi connectivity index (χ1v) is 11.4. The third-order valence-electron chi connectivity index (χ3n) is 6.06. The number of aromatic nitrogens is 4. The number of alkyl carbamates (subject to hydrolysis) is 1. The summed E-state index contributed by atoms with van der Waals surface area (Å²) < 4.78 is 18.7. The average Bonchev–Trinajstić information content (AvgIpc) is 3.19. The number of nitrogens with zero attached hydrogens (tertiary/aromatic N) is 6. The number of hydrogen-bond acceptors (Lipinski definition) is 7. The molecule has 1 fully saturated rings. The Balaban J connectivity index is 0.00000342. The highest BCUT2D eigenvalue weighted by molar-refractivity contribution is 5.85. The fraction of sp³-hybridized carbons (Fsp3) is 0.417. The van der Waals surface area contributed by atoms with Crippen LogP contribution in [0.4, 0.5) is 15.0 Å². The van der Waals surface area contributed by atoms with Crippen LogP contribution in [-0.4, -0.2) is 70.2 Å². The molecule has 0 aliphatic carbocycles. The summed E-state index contributed by atoms with van der Waals surface area (Å²) in [5.74, 6) is 0.875. The maximum absolute atomic E-state index is 12.1. The average molecular weight is 504 g/mol. The second-order valence-corrected chi connectivity index (χ2v) is 8.25. The Morgan fingerprint density at radius 1 is 1.11 bits per heavy atom. The van der Waals surface area contributed by atoms with Gasteiger partial charge in [-0.05, 0) is 12.5 Å². The molecule has 0 radical (unpaired) electrons. The molecule has 1 saturated heterocycles. The maximum atomic E-state index is 12.1. The van der Waals surface area contributed by atoms with Crippen LogP contribution in [0.3, 0.4) is 0 Å². The van der Waals surface area contributed by atoms with Gasteiger partial charge in [-0.2, -0.15) is 5.10 Å². The molecule has 3 aromatic rings. The molecule has 2 aromatic heterocycles. The summed E-state index contributed by atoms with van der Waals surface area (Å²) in [6.45, 7) is 5.99. The lowest BCUT2D eigenvalue weighted by Gasteiger charge is -2.35. The lowest BCUT2D eigenvalue weighted by Crippen LogP contribution is -2.46. The summed E-state index contributed by atoms with van der Waals surface area (Å²) in [6.07, 6.45) is 4.76. The number of benzene rings is 1. The van der Waals surface area contributed by atoms with E-state index in [-0.39, 0.29) is 19.0 Å². The van der Waals surface area contributed by atoms with E-state index in [4.69, 9.17) is 0 Å². The highest BCUT2D eigenvalue weighted by Gasteiger charge is 2.22. The van der Waals surface area contributed by atoms with E-state index in [0.29, 0.717) is 6.54 Å². The molecule has 1 aliphatic heterocycles. The van der Waals surface area contributed by atoms with Crippen molar-refractivity contribution < 1.29 is 13.9 Å². The second kappa shape index (κ2) is 12.5. The van der Waals surface area contributed by atoms with Crippen LogP contribution in [0.1, 0.15) is 16.8 Å². The van der Waals surface area contributed by atoms with Gasteiger partial charge < -0.3 is 15.0 Å². The van der Waals surface area contributed by atoms with Crippen molar-refractivity contribution >= 4 is 24.3 Å². The minimum Gasteiger partial charge on any atom is -0.447 e. The van der Waals surface area contributed by atoms with E-state index < -0.39 is 12.8 Å². The Morgan fingerprint density at radius 2 is 1.83 bits per heavy atom. The number of rotatable bonds is 8. The Labute approximate surface area is 210 Å². The van der Waals surface area contributed by atoms with Crippen LogP contribution in [0.2, 0.25) is 0 Å². The van der Waals surface area contributed by atoms with Crippen LogP contribution in [0, 0.1) is 6.92 Å². The van der Waals surface area contributed by atoms with Gasteiger partial charge in [-0.1, -0.05) is 24.3 Å². The van der Waals surface area contributed by atoms with Crippen LogP contribution in [0.25, 0.3) is 11.3 Å². The molecule has 0 spiro atoms. The van der Waals surface area contributed by atoms with Gasteiger partial charge in [0, 0.05) is 75.5 Å². The third kappa shape index (κ3) is 6.67. The van der Waals surface area contributed by atoms with E-state index in [1.165, 1.54) is 11.3 Å². The van der Waals surface area contributed by atoms with Crippen molar-refractivity contribution in [2.24, 2.45) is 7.05 Å². The lowest BCUT2D eigenvalue weighted by atomic mass is 10.1. The summed E-state index contributed by atoms with van der Waals surface area (Å²) in [5.41, 5.74) is 5.17. The summed E-state index contributed by atoms with van der Waals surface area (Å²) in [6, 6.07) is 7.80. The molecular formula is C24H31ClFN7O2. The fourth-order valence-electron chi connectivity index (χ4n) is 3.96. The normalized spacial score (nSPS) is 13.9. The molecule has 188 valence electrons. The number of nitrogens with one attached hydrogen (secondary N) is 1. The maximum Gasteiger partial charge on any atom is 0.407 e. The first-order chi connectivity index (χ1) is 16.5. The van der Waals surface area contributed by atoms with Crippen molar-refractivity contribution in [3.8, 4) is 11.3 Å². The molecule has 4 rings (SSSR count). The number of carbonyl (C=O) groups excluding carboxylic acids is 1. The summed E-state index contributed by atoms with van der Waals surface area (Å²) >= 11 is 0. The zero-order valence-electron chi connectivity index (χ0n) is 20.0. The number of piperazine rings is 1. The van der Waals surface area contributed by atoms with Gasteiger partial charge in [-0.3, -0.25) is 14.6 Å². The third-order valence-corrected chi connectivity index (χ3v) is 6.06. The highest BCUT2D eigenvalue weighted by atomic mass is 35.5. The molecule has 3 heterocycles. The van der Waals surface area contributed by atoms with E-state index in [1.807, 2.05) is 42.2 Å². The van der Waals surface area contributed by atoms with Gasteiger partial charge in [0.25, 0.3) is 0 Å². The highest BCUT2D eigenvalue weighted by Crippen LogP contribution is 2.28. The SMILES string of the molecule is Cc1c(CN2CCN(c3nccnc3-c3ccc(CNC(=O)OCCF)cc3)CC2)cnn1C.Cl. The van der Waals surface area contributed by atoms with Crippen molar-refractivity contribution in [3.63, 3.8) is 0 Å². The van der Waals surface area contributed by atoms with Crippen LogP contribution < -0.4 is 10.2 Å². The van der Waals surface area contributed by atoms with Gasteiger partial charge >= 0.3 is 6.09 Å². The number of hydrogen-bond donors (Lipinski definition) is 1. The molecule has 1 aromatic carbocycles. The van der Waals surface area contributed by atoms with Crippen LogP contribution >= 0.6 is 12.4 Å². The second-order valence-electron chi connectivity index (χ2n) is 8.25. The molecular weight excluding hydrogens is 473 g/mol. The molecule has 0 atom stereocenters. The van der Waals surface area contributed by atoms with E-state index in [0.717, 1.165) is 55.4 Å². The molecule has 1 amide bonds. The van der Waals surface area contributed by atoms with Crippen molar-refractivity contribution in [2.45, 2.75) is 20.0 Å². The molecule has 35 heavy (non-hydrogen) atoms. The minimum absolute atomic E-state index is 0. The van der Waals surface area contributed by atoms with E-state index in [9.17, 15) is 9.18 Å². The molecule has 1 N–H and O–H groups in total. The topological polar surface area (TPSA) is 88.4 Å². The van der Waals surface area contributed by atoms with E-state index >= 15 is 0 Å². The van der Waals surface area contributed by atoms with Crippen LogP contribution in [-0.2, 0) is 24.9 Å². The number of alkyl halides is 1. The monoisotopic (exact) mass is 503 g/mol. The predicted octanol–water partition coefficient (Wildman–Crippen LogP) is 3.13. The molecule has 1 aliphatic rings. The Hall–Kier alpha value is -3.24. The largest absolute Gasteiger partial charge is 0.447 e. The minimum atomic E-state index is -0.693. The van der Waals surface area contributed by atoms with Crippen LogP contribution in [0.15, 0.2) is 42.9 Å². The van der Waals surface area contributed by atoms with Gasteiger partial charge in [0.1, 0.15) is 19.0 Å². The van der Waals surface area contributed by atoms with Crippen molar-refractivity contribution in [1.82, 2.24) is 30.0 Å². The predicted molar refractivity (Wildman–Crippen MR) is 134 cm³/mol. The Morgan fingerprint density at radius 3 is 2.49 bits per heavy atom. The molecule has 0 unspecified atom stereocenters. The van der Waals surface area contributed by atoms with Crippen LogP contribution in [0.5, 0.6) is 0 Å². The van der Waals surface area contributed by atoms with Crippen molar-refractivity contribution in [1.29, 1.82) is 0 Å². The van der Waals surface area contributed by atoms with Gasteiger partial charge in [0.05, 0.1) is 6.20 Å². The molecule has 9 nitrogen and oxygen atoms in total. The smallest absolute Gasteiger partial charge is 0.407 e. The zero-order chi connectivity index (χ0) is 23.9. The number of halogens is 2. The molecule has 0 bridgehead atoms. The lowest BCUT2D eigenvalue weighted by molar-refractivity contribution is 0.137. The summed E-state index contributed by atoms with van der Waals surface area (Å²) in [5, 5.41) is 6.96. The molecule has 11 heteroatoms. The van der Waals surface area contributed by atoms with Crippen molar-refractivity contribution in [2.75, 3.05) is 44.4 Å². The standard InChI is InChI=1S/C24H30FN7O2.ClH/c1-18-21(16-29-30(18)2)17-31-10-12-32(13-11-31)23-22(26-8-9-27-23)20-5-3-19(4-6-20)15-28-24(33)34-14-7-25;/h3-6,8-9,16H,7,10-15,17H2,1-2H3,(H,28,33);1H. The van der Waals surface area contributed by atoms with Gasteiger partial charge in [-0.25, -0.2) is 14.2 Å². The Kier molecular flexibility index (Phi) is 9.39. The first kappa shape index (κ1) is 26.4. The Bertz CT molecular complexity index is 1100. The fourth-order valence-corrected chi connectivity index (χ4v) is 3.96.